The van der Waals surface area contributed by atoms with Gasteiger partial charge in [-0.25, -0.2) is 0 Å². The highest BCUT2D eigenvalue weighted by atomic mass is 35.5. The first-order valence-corrected chi connectivity index (χ1v) is 6.38. The monoisotopic (exact) mass is 277 g/mol. The number of benzene rings is 2. The van der Waals surface area contributed by atoms with Crippen molar-refractivity contribution in [2.45, 2.75) is 13.1 Å². The van der Waals surface area contributed by atoms with Crippen LogP contribution in [0.4, 0.5) is 0 Å². The molecule has 0 unspecified atom stereocenters. The molecule has 0 atom stereocenters. The van der Waals surface area contributed by atoms with E-state index in [1.165, 1.54) is 7.11 Å². The third kappa shape index (κ3) is 3.88. The quantitative estimate of drug-likeness (QED) is 0.881. The van der Waals surface area contributed by atoms with Crippen molar-refractivity contribution in [2.24, 2.45) is 0 Å². The average molecular weight is 278 g/mol. The van der Waals surface area contributed by atoms with E-state index in [9.17, 15) is 5.11 Å². The molecule has 0 fully saturated rings. The van der Waals surface area contributed by atoms with Gasteiger partial charge in [0.25, 0.3) is 0 Å². The molecule has 2 aromatic carbocycles. The first-order valence-electron chi connectivity index (χ1n) is 6.00. The van der Waals surface area contributed by atoms with Crippen LogP contribution in [0.25, 0.3) is 0 Å². The van der Waals surface area contributed by atoms with Crippen LogP contribution >= 0.6 is 11.6 Å². The minimum atomic E-state index is 0.157. The number of aromatic hydroxyl groups is 1. The zero-order chi connectivity index (χ0) is 13.7. The Morgan fingerprint density at radius 1 is 1.11 bits per heavy atom. The summed E-state index contributed by atoms with van der Waals surface area (Å²) >= 11 is 5.92. The molecule has 100 valence electrons. The maximum atomic E-state index is 9.67. The van der Waals surface area contributed by atoms with Crippen molar-refractivity contribution < 1.29 is 9.84 Å². The molecule has 0 heterocycles. The van der Waals surface area contributed by atoms with Crippen molar-refractivity contribution >= 4 is 11.6 Å². The number of phenols is 1. The standard InChI is InChI=1S/C15H16ClNO2/c1-19-15-6-5-12(8-14(15)18)10-17-9-11-3-2-4-13(16)7-11/h2-8,17-18H,9-10H2,1H3. The molecule has 2 aromatic rings. The number of halogens is 1. The fourth-order valence-electron chi connectivity index (χ4n) is 1.84. The Kier molecular flexibility index (Phi) is 4.66. The normalized spacial score (nSPS) is 10.4. The zero-order valence-electron chi connectivity index (χ0n) is 10.7. The molecule has 19 heavy (non-hydrogen) atoms. The summed E-state index contributed by atoms with van der Waals surface area (Å²) < 4.78 is 5.00. The Labute approximate surface area is 117 Å². The molecule has 0 aromatic heterocycles. The summed E-state index contributed by atoms with van der Waals surface area (Å²) in [7, 11) is 1.53. The molecule has 0 aliphatic carbocycles. The number of ether oxygens (including phenoxy) is 1. The van der Waals surface area contributed by atoms with Crippen molar-refractivity contribution in [1.82, 2.24) is 5.32 Å². The molecular formula is C15H16ClNO2. The highest BCUT2D eigenvalue weighted by Gasteiger charge is 2.02. The molecular weight excluding hydrogens is 262 g/mol. The van der Waals surface area contributed by atoms with E-state index in [0.717, 1.165) is 22.7 Å². The van der Waals surface area contributed by atoms with Gasteiger partial charge in [0.15, 0.2) is 11.5 Å². The molecule has 0 aliphatic rings. The van der Waals surface area contributed by atoms with Gasteiger partial charge in [0.2, 0.25) is 0 Å². The van der Waals surface area contributed by atoms with E-state index in [1.54, 1.807) is 12.1 Å². The molecule has 0 spiro atoms. The Morgan fingerprint density at radius 3 is 2.47 bits per heavy atom. The van der Waals surface area contributed by atoms with Crippen molar-refractivity contribution in [3.05, 3.63) is 58.6 Å². The van der Waals surface area contributed by atoms with Crippen LogP contribution in [0.1, 0.15) is 11.1 Å². The second kappa shape index (κ2) is 6.45. The number of phenolic OH excluding ortho intramolecular Hbond substituents is 1. The largest absolute Gasteiger partial charge is 0.504 e. The van der Waals surface area contributed by atoms with E-state index in [-0.39, 0.29) is 5.75 Å². The van der Waals surface area contributed by atoms with E-state index in [4.69, 9.17) is 16.3 Å². The van der Waals surface area contributed by atoms with Crippen LogP contribution in [0.2, 0.25) is 5.02 Å². The van der Waals surface area contributed by atoms with E-state index >= 15 is 0 Å². The van der Waals surface area contributed by atoms with Gasteiger partial charge >= 0.3 is 0 Å². The molecule has 3 nitrogen and oxygen atoms in total. The minimum absolute atomic E-state index is 0.157. The van der Waals surface area contributed by atoms with Gasteiger partial charge < -0.3 is 15.2 Å². The first kappa shape index (κ1) is 13.7. The molecule has 0 saturated heterocycles. The lowest BCUT2D eigenvalue weighted by Crippen LogP contribution is -2.12. The number of rotatable bonds is 5. The molecule has 4 heteroatoms. The molecule has 0 radical (unpaired) electrons. The van der Waals surface area contributed by atoms with E-state index < -0.39 is 0 Å². The lowest BCUT2D eigenvalue weighted by atomic mass is 10.2. The second-order valence-corrected chi connectivity index (χ2v) is 4.68. The maximum Gasteiger partial charge on any atom is 0.160 e. The molecule has 2 N–H and O–H groups in total. The van der Waals surface area contributed by atoms with Crippen LogP contribution in [0.5, 0.6) is 11.5 Å². The fourth-order valence-corrected chi connectivity index (χ4v) is 2.06. The predicted molar refractivity (Wildman–Crippen MR) is 76.7 cm³/mol. The Bertz CT molecular complexity index is 558. The summed E-state index contributed by atoms with van der Waals surface area (Å²) in [5.74, 6) is 0.642. The molecule has 0 saturated carbocycles. The lowest BCUT2D eigenvalue weighted by Gasteiger charge is -2.08. The summed E-state index contributed by atoms with van der Waals surface area (Å²) in [6.45, 7) is 1.40. The smallest absolute Gasteiger partial charge is 0.160 e. The topological polar surface area (TPSA) is 41.5 Å². The highest BCUT2D eigenvalue weighted by Crippen LogP contribution is 2.26. The van der Waals surface area contributed by atoms with Gasteiger partial charge in [0.1, 0.15) is 0 Å². The van der Waals surface area contributed by atoms with Gasteiger partial charge in [-0.05, 0) is 35.4 Å². The Morgan fingerprint density at radius 2 is 1.84 bits per heavy atom. The summed E-state index contributed by atoms with van der Waals surface area (Å²) in [6.07, 6.45) is 0. The Balaban J connectivity index is 1.90. The second-order valence-electron chi connectivity index (χ2n) is 4.24. The van der Waals surface area contributed by atoms with Gasteiger partial charge in [0, 0.05) is 18.1 Å². The summed E-state index contributed by atoms with van der Waals surface area (Å²) in [5, 5.41) is 13.7. The van der Waals surface area contributed by atoms with Gasteiger partial charge in [-0.15, -0.1) is 0 Å². The van der Waals surface area contributed by atoms with Crippen LogP contribution < -0.4 is 10.1 Å². The Hall–Kier alpha value is -1.71. The van der Waals surface area contributed by atoms with E-state index in [0.29, 0.717) is 12.3 Å². The number of hydrogen-bond acceptors (Lipinski definition) is 3. The van der Waals surface area contributed by atoms with E-state index in [1.807, 2.05) is 30.3 Å². The van der Waals surface area contributed by atoms with Crippen LogP contribution in [0, 0.1) is 0 Å². The van der Waals surface area contributed by atoms with Gasteiger partial charge in [0.05, 0.1) is 7.11 Å². The highest BCUT2D eigenvalue weighted by molar-refractivity contribution is 6.30. The third-order valence-corrected chi connectivity index (χ3v) is 3.03. The number of methoxy groups -OCH3 is 1. The fraction of sp³-hybridized carbons (Fsp3) is 0.200. The van der Waals surface area contributed by atoms with Crippen molar-refractivity contribution in [3.63, 3.8) is 0 Å². The van der Waals surface area contributed by atoms with E-state index in [2.05, 4.69) is 5.32 Å². The molecule has 0 bridgehead atoms. The maximum absolute atomic E-state index is 9.67. The van der Waals surface area contributed by atoms with Crippen molar-refractivity contribution in [2.75, 3.05) is 7.11 Å². The SMILES string of the molecule is COc1ccc(CNCc2cccc(Cl)c2)cc1O. The first-order chi connectivity index (χ1) is 9.19. The molecule has 0 amide bonds. The lowest BCUT2D eigenvalue weighted by molar-refractivity contribution is 0.373. The zero-order valence-corrected chi connectivity index (χ0v) is 11.4. The van der Waals surface area contributed by atoms with Gasteiger partial charge in [-0.1, -0.05) is 29.8 Å². The molecule has 0 aliphatic heterocycles. The predicted octanol–water partition coefficient (Wildman–Crippen LogP) is 3.34. The average Bonchev–Trinajstić information content (AvgIpc) is 2.39. The van der Waals surface area contributed by atoms with Gasteiger partial charge in [-0.2, -0.15) is 0 Å². The van der Waals surface area contributed by atoms with Crippen LogP contribution in [0.15, 0.2) is 42.5 Å². The van der Waals surface area contributed by atoms with Crippen LogP contribution in [-0.2, 0) is 13.1 Å². The number of hydrogen-bond donors (Lipinski definition) is 2. The molecule has 2 rings (SSSR count). The van der Waals surface area contributed by atoms with Crippen molar-refractivity contribution in [1.29, 1.82) is 0 Å². The minimum Gasteiger partial charge on any atom is -0.504 e. The third-order valence-electron chi connectivity index (χ3n) is 2.79. The summed E-state index contributed by atoms with van der Waals surface area (Å²) in [6, 6.07) is 13.1. The summed E-state index contributed by atoms with van der Waals surface area (Å²) in [4.78, 5) is 0. The summed E-state index contributed by atoms with van der Waals surface area (Å²) in [5.41, 5.74) is 2.13. The van der Waals surface area contributed by atoms with Crippen LogP contribution in [0.3, 0.4) is 0 Å². The van der Waals surface area contributed by atoms with Crippen molar-refractivity contribution in [3.8, 4) is 11.5 Å². The number of nitrogens with one attached hydrogen (secondary N) is 1. The van der Waals surface area contributed by atoms with Crippen LogP contribution in [-0.4, -0.2) is 12.2 Å². The van der Waals surface area contributed by atoms with Gasteiger partial charge in [-0.3, -0.25) is 0 Å².